The predicted molar refractivity (Wildman–Crippen MR) is 70.6 cm³/mol. The fourth-order valence-corrected chi connectivity index (χ4v) is 1.54. The van der Waals surface area contributed by atoms with Gasteiger partial charge in [0.1, 0.15) is 5.75 Å². The molecule has 1 unspecified atom stereocenters. The minimum atomic E-state index is -0.611. The van der Waals surface area contributed by atoms with Crippen LogP contribution in [0.15, 0.2) is 18.2 Å². The van der Waals surface area contributed by atoms with E-state index in [0.717, 1.165) is 5.56 Å². The van der Waals surface area contributed by atoms with E-state index >= 15 is 0 Å². The molecule has 1 amide bonds. The Morgan fingerprint density at radius 3 is 2.72 bits per heavy atom. The Hall–Kier alpha value is -1.55. The molecular weight excluding hydrogens is 230 g/mol. The van der Waals surface area contributed by atoms with E-state index < -0.39 is 6.10 Å². The Kier molecular flexibility index (Phi) is 5.16. The highest BCUT2D eigenvalue weighted by molar-refractivity contribution is 5.77. The molecule has 0 saturated heterocycles. The van der Waals surface area contributed by atoms with Crippen molar-refractivity contribution >= 4 is 5.91 Å². The smallest absolute Gasteiger partial charge is 0.260 e. The lowest BCUT2D eigenvalue weighted by Crippen LogP contribution is -2.31. The van der Waals surface area contributed by atoms with Crippen LogP contribution in [-0.4, -0.2) is 36.1 Å². The lowest BCUT2D eigenvalue weighted by atomic mass is 10.1. The second-order valence-electron chi connectivity index (χ2n) is 4.41. The molecule has 0 aliphatic rings. The number of carbonyl (C=O) groups excluding carboxylic acids is 1. The molecule has 18 heavy (non-hydrogen) atoms. The molecule has 0 aliphatic carbocycles. The number of carbonyl (C=O) groups is 1. The van der Waals surface area contributed by atoms with E-state index in [9.17, 15) is 9.90 Å². The number of aryl methyl sites for hydroxylation is 1. The molecule has 0 heterocycles. The first-order chi connectivity index (χ1) is 8.45. The zero-order chi connectivity index (χ0) is 13.7. The van der Waals surface area contributed by atoms with E-state index in [1.165, 1.54) is 0 Å². The summed E-state index contributed by atoms with van der Waals surface area (Å²) in [4.78, 5) is 13.2. The second kappa shape index (κ2) is 6.40. The molecule has 0 saturated carbocycles. The summed E-state index contributed by atoms with van der Waals surface area (Å²) >= 11 is 0. The van der Waals surface area contributed by atoms with Gasteiger partial charge >= 0.3 is 0 Å². The molecule has 1 N–H and O–H groups in total. The molecule has 100 valence electrons. The largest absolute Gasteiger partial charge is 0.483 e. The normalized spacial score (nSPS) is 12.1. The Morgan fingerprint density at radius 2 is 2.17 bits per heavy atom. The quantitative estimate of drug-likeness (QED) is 0.869. The second-order valence-corrected chi connectivity index (χ2v) is 4.41. The van der Waals surface area contributed by atoms with E-state index in [4.69, 9.17) is 4.74 Å². The molecule has 4 heteroatoms. The SMILES string of the molecule is CCN(C)C(=O)COc1cc(C)ccc1C(C)O. The molecule has 1 atom stereocenters. The zero-order valence-electron chi connectivity index (χ0n) is 11.4. The van der Waals surface area contributed by atoms with Gasteiger partial charge in [0.25, 0.3) is 5.91 Å². The summed E-state index contributed by atoms with van der Waals surface area (Å²) in [6.45, 7) is 6.18. The van der Waals surface area contributed by atoms with Crippen molar-refractivity contribution in [1.29, 1.82) is 0 Å². The highest BCUT2D eigenvalue weighted by Gasteiger charge is 2.12. The molecule has 0 fully saturated rings. The monoisotopic (exact) mass is 251 g/mol. The lowest BCUT2D eigenvalue weighted by molar-refractivity contribution is -0.131. The average molecular weight is 251 g/mol. The third-order valence-electron chi connectivity index (χ3n) is 2.87. The van der Waals surface area contributed by atoms with E-state index in [-0.39, 0.29) is 12.5 Å². The van der Waals surface area contributed by atoms with Crippen LogP contribution >= 0.6 is 0 Å². The van der Waals surface area contributed by atoms with Crippen molar-refractivity contribution in [2.24, 2.45) is 0 Å². The van der Waals surface area contributed by atoms with E-state index in [1.54, 1.807) is 18.9 Å². The van der Waals surface area contributed by atoms with Crippen molar-refractivity contribution in [3.8, 4) is 5.75 Å². The van der Waals surface area contributed by atoms with Gasteiger partial charge in [-0.2, -0.15) is 0 Å². The Bertz CT molecular complexity index is 416. The fourth-order valence-electron chi connectivity index (χ4n) is 1.54. The highest BCUT2D eigenvalue weighted by atomic mass is 16.5. The van der Waals surface area contributed by atoms with Gasteiger partial charge in [0, 0.05) is 19.2 Å². The zero-order valence-corrected chi connectivity index (χ0v) is 11.4. The number of ether oxygens (including phenoxy) is 1. The van der Waals surface area contributed by atoms with Gasteiger partial charge < -0.3 is 14.7 Å². The number of nitrogens with zero attached hydrogens (tertiary/aromatic N) is 1. The van der Waals surface area contributed by atoms with Gasteiger partial charge in [0.15, 0.2) is 6.61 Å². The number of hydrogen-bond acceptors (Lipinski definition) is 3. The topological polar surface area (TPSA) is 49.8 Å². The van der Waals surface area contributed by atoms with Crippen molar-refractivity contribution in [1.82, 2.24) is 4.90 Å². The van der Waals surface area contributed by atoms with Crippen molar-refractivity contribution in [3.63, 3.8) is 0 Å². The summed E-state index contributed by atoms with van der Waals surface area (Å²) in [6, 6.07) is 5.57. The molecule has 0 aromatic heterocycles. The van der Waals surface area contributed by atoms with Crippen molar-refractivity contribution < 1.29 is 14.6 Å². The summed E-state index contributed by atoms with van der Waals surface area (Å²) in [6.07, 6.45) is -0.611. The van der Waals surface area contributed by atoms with Crippen LogP contribution < -0.4 is 4.74 Å². The van der Waals surface area contributed by atoms with Gasteiger partial charge in [0.05, 0.1) is 6.10 Å². The molecule has 0 aliphatic heterocycles. The van der Waals surface area contributed by atoms with Crippen LogP contribution in [0.3, 0.4) is 0 Å². The minimum absolute atomic E-state index is 0.00644. The lowest BCUT2D eigenvalue weighted by Gasteiger charge is -2.17. The highest BCUT2D eigenvalue weighted by Crippen LogP contribution is 2.26. The summed E-state index contributed by atoms with van der Waals surface area (Å²) in [5, 5.41) is 9.64. The van der Waals surface area contributed by atoms with E-state index in [0.29, 0.717) is 17.9 Å². The fraction of sp³-hybridized carbons (Fsp3) is 0.500. The van der Waals surface area contributed by atoms with Crippen LogP contribution in [0.4, 0.5) is 0 Å². The molecule has 1 rings (SSSR count). The minimum Gasteiger partial charge on any atom is -0.483 e. The Morgan fingerprint density at radius 1 is 1.50 bits per heavy atom. The van der Waals surface area contributed by atoms with E-state index in [1.807, 2.05) is 32.0 Å². The Labute approximate surface area is 108 Å². The number of rotatable bonds is 5. The van der Waals surface area contributed by atoms with Crippen LogP contribution in [0.5, 0.6) is 5.75 Å². The van der Waals surface area contributed by atoms with Gasteiger partial charge in [-0.15, -0.1) is 0 Å². The molecule has 0 radical (unpaired) electrons. The van der Waals surface area contributed by atoms with Crippen LogP contribution in [0.2, 0.25) is 0 Å². The number of aliphatic hydroxyl groups is 1. The van der Waals surface area contributed by atoms with Gasteiger partial charge in [0.2, 0.25) is 0 Å². The number of benzene rings is 1. The maximum Gasteiger partial charge on any atom is 0.260 e. The van der Waals surface area contributed by atoms with Crippen LogP contribution in [-0.2, 0) is 4.79 Å². The molecule has 4 nitrogen and oxygen atoms in total. The van der Waals surface area contributed by atoms with Crippen molar-refractivity contribution in [3.05, 3.63) is 29.3 Å². The molecule has 1 aromatic rings. The third kappa shape index (κ3) is 3.74. The van der Waals surface area contributed by atoms with Gasteiger partial charge in [-0.1, -0.05) is 12.1 Å². The van der Waals surface area contributed by atoms with Crippen LogP contribution in [0.1, 0.15) is 31.1 Å². The van der Waals surface area contributed by atoms with E-state index in [2.05, 4.69) is 0 Å². The van der Waals surface area contributed by atoms with Gasteiger partial charge in [-0.05, 0) is 32.4 Å². The maximum absolute atomic E-state index is 11.7. The summed E-state index contributed by atoms with van der Waals surface area (Å²) in [5.74, 6) is 0.499. The average Bonchev–Trinajstić information content (AvgIpc) is 2.34. The van der Waals surface area contributed by atoms with Crippen LogP contribution in [0.25, 0.3) is 0 Å². The number of aliphatic hydroxyl groups excluding tert-OH is 1. The van der Waals surface area contributed by atoms with Crippen molar-refractivity contribution in [2.45, 2.75) is 26.9 Å². The third-order valence-corrected chi connectivity index (χ3v) is 2.87. The first kappa shape index (κ1) is 14.5. The van der Waals surface area contributed by atoms with Crippen molar-refractivity contribution in [2.75, 3.05) is 20.2 Å². The standard InChI is InChI=1S/C14H21NO3/c1-5-15(4)14(17)9-18-13-8-10(2)6-7-12(13)11(3)16/h6-8,11,16H,5,9H2,1-4H3. The molecule has 1 aromatic carbocycles. The molecule has 0 bridgehead atoms. The maximum atomic E-state index is 11.7. The molecular formula is C14H21NO3. The molecule has 0 spiro atoms. The number of amides is 1. The Balaban J connectivity index is 2.77. The van der Waals surface area contributed by atoms with Gasteiger partial charge in [-0.25, -0.2) is 0 Å². The van der Waals surface area contributed by atoms with Gasteiger partial charge in [-0.3, -0.25) is 4.79 Å². The summed E-state index contributed by atoms with van der Waals surface area (Å²) < 4.78 is 5.51. The summed E-state index contributed by atoms with van der Waals surface area (Å²) in [7, 11) is 1.73. The first-order valence-electron chi connectivity index (χ1n) is 6.11. The predicted octanol–water partition coefficient (Wildman–Crippen LogP) is 1.91. The number of hydrogen-bond donors (Lipinski definition) is 1. The van der Waals surface area contributed by atoms with Crippen LogP contribution in [0, 0.1) is 6.92 Å². The summed E-state index contributed by atoms with van der Waals surface area (Å²) in [5.41, 5.74) is 1.73. The first-order valence-corrected chi connectivity index (χ1v) is 6.11. The number of likely N-dealkylation sites (N-methyl/N-ethyl adjacent to an activating group) is 1.